The van der Waals surface area contributed by atoms with Gasteiger partial charge < -0.3 is 18.0 Å². The van der Waals surface area contributed by atoms with Crippen LogP contribution in [0, 0.1) is 0 Å². The summed E-state index contributed by atoms with van der Waals surface area (Å²) in [5, 5.41) is 10.4. The Kier molecular flexibility index (Phi) is 7.15. The van der Waals surface area contributed by atoms with Crippen LogP contribution in [0.1, 0.15) is 1.43 Å². The molecule has 0 aromatic carbocycles. The molecule has 0 amide bonds. The maximum absolute atomic E-state index is 9.46. The molecular formula is C2H6N3NaO3. The van der Waals surface area contributed by atoms with Crippen LogP contribution in [0.4, 0.5) is 4.79 Å². The zero-order valence-corrected chi connectivity index (χ0v) is 6.87. The largest absolute Gasteiger partial charge is 1.00 e. The Hall–Kier alpha value is -0.460. The first-order valence-corrected chi connectivity index (χ1v) is 1.62. The average molecular weight is 143 g/mol. The van der Waals surface area contributed by atoms with Gasteiger partial charge in [-0.1, -0.05) is 0 Å². The summed E-state index contributed by atoms with van der Waals surface area (Å²) in [6.45, 7) is 0. The predicted octanol–water partition coefficient (Wildman–Crippen LogP) is -4.01. The first-order valence-electron chi connectivity index (χ1n) is 1.62. The molecule has 0 aromatic rings. The molecule has 0 rings (SSSR count). The van der Waals surface area contributed by atoms with Gasteiger partial charge in [-0.15, -0.1) is 0 Å². The van der Waals surface area contributed by atoms with Gasteiger partial charge in [0.25, 0.3) is 0 Å². The number of carboxylic acid groups (broad SMARTS) is 1. The number of carbonyl (C=O) groups is 1. The maximum atomic E-state index is 9.46. The van der Waals surface area contributed by atoms with E-state index in [9.17, 15) is 4.79 Å². The number of hydrogen-bond donors (Lipinski definition) is 3. The van der Waals surface area contributed by atoms with Crippen LogP contribution in [0.3, 0.4) is 0 Å². The first-order chi connectivity index (χ1) is 3.63. The fourth-order valence-electron chi connectivity index (χ4n) is 0.0918. The molecule has 0 unspecified atom stereocenters. The van der Waals surface area contributed by atoms with E-state index in [1.165, 1.54) is 0 Å². The molecule has 7 heteroatoms. The molecule has 0 atom stereocenters. The SMILES string of the molecule is NC(N)=NOC(=O)O.[H-].[Na+]. The Morgan fingerprint density at radius 1 is 1.67 bits per heavy atom. The van der Waals surface area contributed by atoms with Gasteiger partial charge in [0.15, 0.2) is 0 Å². The quantitative estimate of drug-likeness (QED) is 0.114. The molecule has 6 nitrogen and oxygen atoms in total. The molecule has 48 valence electrons. The van der Waals surface area contributed by atoms with Gasteiger partial charge in [0.2, 0.25) is 5.96 Å². The van der Waals surface area contributed by atoms with Crippen molar-refractivity contribution in [2.24, 2.45) is 16.6 Å². The van der Waals surface area contributed by atoms with Crippen LogP contribution >= 0.6 is 0 Å². The van der Waals surface area contributed by atoms with E-state index in [0.717, 1.165) is 0 Å². The van der Waals surface area contributed by atoms with Crippen LogP contribution in [0.2, 0.25) is 0 Å². The first kappa shape index (κ1) is 11.4. The van der Waals surface area contributed by atoms with Crippen LogP contribution in [-0.4, -0.2) is 17.2 Å². The summed E-state index contributed by atoms with van der Waals surface area (Å²) in [7, 11) is 0. The minimum Gasteiger partial charge on any atom is -1.00 e. The smallest absolute Gasteiger partial charge is 1.00 e. The molecule has 0 aromatic heterocycles. The Bertz CT molecular complexity index is 125. The van der Waals surface area contributed by atoms with E-state index in [1.54, 1.807) is 0 Å². The second-order valence-electron chi connectivity index (χ2n) is 0.873. The fraction of sp³-hybridized carbons (Fsp3) is 0. The van der Waals surface area contributed by atoms with Crippen LogP contribution in [-0.2, 0) is 4.84 Å². The van der Waals surface area contributed by atoms with E-state index in [2.05, 4.69) is 21.5 Å². The van der Waals surface area contributed by atoms with Gasteiger partial charge in [-0.2, -0.15) is 0 Å². The Labute approximate surface area is 74.6 Å². The summed E-state index contributed by atoms with van der Waals surface area (Å²) in [6, 6.07) is 0. The van der Waals surface area contributed by atoms with Crippen molar-refractivity contribution in [3.05, 3.63) is 0 Å². The third kappa shape index (κ3) is 11.2. The van der Waals surface area contributed by atoms with E-state index >= 15 is 0 Å². The van der Waals surface area contributed by atoms with Gasteiger partial charge in [0.05, 0.1) is 0 Å². The summed E-state index contributed by atoms with van der Waals surface area (Å²) in [5.74, 6) is -0.424. The number of rotatable bonds is 1. The Balaban J connectivity index is -0.000000245. The van der Waals surface area contributed by atoms with Crippen molar-refractivity contribution in [1.29, 1.82) is 0 Å². The summed E-state index contributed by atoms with van der Waals surface area (Å²) in [6.07, 6.45) is -1.54. The van der Waals surface area contributed by atoms with Crippen molar-refractivity contribution in [2.75, 3.05) is 0 Å². The van der Waals surface area contributed by atoms with Crippen molar-refractivity contribution in [3.63, 3.8) is 0 Å². The molecule has 0 radical (unpaired) electrons. The van der Waals surface area contributed by atoms with Crippen LogP contribution < -0.4 is 41.0 Å². The second-order valence-corrected chi connectivity index (χ2v) is 0.873. The van der Waals surface area contributed by atoms with Crippen molar-refractivity contribution >= 4 is 12.1 Å². The second kappa shape index (κ2) is 5.67. The number of nitrogens with zero attached hydrogens (tertiary/aromatic N) is 1. The van der Waals surface area contributed by atoms with Crippen LogP contribution in [0.15, 0.2) is 5.16 Å². The van der Waals surface area contributed by atoms with Gasteiger partial charge in [0, 0.05) is 0 Å². The topological polar surface area (TPSA) is 111 Å². The minimum atomic E-state index is -1.54. The van der Waals surface area contributed by atoms with Crippen LogP contribution in [0.25, 0.3) is 0 Å². The average Bonchev–Trinajstić information content (AvgIpc) is 1.61. The molecule has 0 bridgehead atoms. The third-order valence-electron chi connectivity index (χ3n) is 0.229. The molecule has 0 spiro atoms. The van der Waals surface area contributed by atoms with Crippen molar-refractivity contribution in [3.8, 4) is 0 Å². The third-order valence-corrected chi connectivity index (χ3v) is 0.229. The van der Waals surface area contributed by atoms with E-state index in [4.69, 9.17) is 5.11 Å². The van der Waals surface area contributed by atoms with E-state index in [0.29, 0.717) is 0 Å². The van der Waals surface area contributed by atoms with E-state index in [-0.39, 0.29) is 31.0 Å². The summed E-state index contributed by atoms with van der Waals surface area (Å²) >= 11 is 0. The van der Waals surface area contributed by atoms with Crippen molar-refractivity contribution in [1.82, 2.24) is 0 Å². The number of oxime groups is 1. The van der Waals surface area contributed by atoms with E-state index in [1.807, 2.05) is 0 Å². The molecule has 9 heavy (non-hydrogen) atoms. The minimum absolute atomic E-state index is 0. The molecule has 0 aliphatic rings. The summed E-state index contributed by atoms with van der Waals surface area (Å²) < 4.78 is 0. The summed E-state index contributed by atoms with van der Waals surface area (Å²) in [4.78, 5) is 13.0. The molecule has 0 fully saturated rings. The van der Waals surface area contributed by atoms with Crippen molar-refractivity contribution in [2.45, 2.75) is 0 Å². The van der Waals surface area contributed by atoms with Gasteiger partial charge in [0.1, 0.15) is 0 Å². The monoisotopic (exact) mass is 143 g/mol. The molecule has 0 aliphatic heterocycles. The molecule has 0 saturated carbocycles. The Morgan fingerprint density at radius 3 is 2.22 bits per heavy atom. The van der Waals surface area contributed by atoms with E-state index < -0.39 is 12.1 Å². The standard InChI is InChI=1S/C2H5N3O3.Na.H/c3-1(4)5-8-2(6)7;;/h(H,6,7)(H4,3,4,5);;/q;+1;-1. The Morgan fingerprint density at radius 2 is 2.11 bits per heavy atom. The van der Waals surface area contributed by atoms with Crippen molar-refractivity contribution < 1.29 is 45.7 Å². The number of guanidine groups is 1. The zero-order chi connectivity index (χ0) is 6.57. The normalized spacial score (nSPS) is 6.67. The molecule has 0 heterocycles. The molecular weight excluding hydrogens is 137 g/mol. The number of nitrogens with two attached hydrogens (primary N) is 2. The van der Waals surface area contributed by atoms with Crippen LogP contribution in [0.5, 0.6) is 0 Å². The number of hydrogen-bond acceptors (Lipinski definition) is 3. The van der Waals surface area contributed by atoms with Gasteiger partial charge in [-0.3, -0.25) is 4.84 Å². The van der Waals surface area contributed by atoms with Gasteiger partial charge in [-0.25, -0.2) is 4.79 Å². The van der Waals surface area contributed by atoms with Gasteiger partial charge in [-0.05, 0) is 5.16 Å². The summed E-state index contributed by atoms with van der Waals surface area (Å²) in [5.41, 5.74) is 9.36. The molecule has 0 aliphatic carbocycles. The maximum Gasteiger partial charge on any atom is 1.00 e. The predicted molar refractivity (Wildman–Crippen MR) is 26.0 cm³/mol. The zero-order valence-electron chi connectivity index (χ0n) is 5.87. The molecule has 0 saturated heterocycles. The fourth-order valence-corrected chi connectivity index (χ4v) is 0.0918. The molecule has 5 N–H and O–H groups in total. The van der Waals surface area contributed by atoms with Gasteiger partial charge >= 0.3 is 35.7 Å².